The molecule has 4 atom stereocenters. The summed E-state index contributed by atoms with van der Waals surface area (Å²) in [5.41, 5.74) is 1.30. The Morgan fingerprint density at radius 3 is 2.68 bits per heavy atom. The minimum atomic E-state index is -0.311. The molecular formula is C19H25BO2. The van der Waals surface area contributed by atoms with E-state index in [-0.39, 0.29) is 29.7 Å². The predicted octanol–water partition coefficient (Wildman–Crippen LogP) is 4.43. The second-order valence-electron chi connectivity index (χ2n) is 7.93. The Balaban J connectivity index is 1.89. The normalized spacial score (nSPS) is 41.7. The van der Waals surface area contributed by atoms with Crippen molar-refractivity contribution in [2.45, 2.75) is 51.6 Å². The van der Waals surface area contributed by atoms with Crippen molar-refractivity contribution >= 4 is 7.12 Å². The van der Waals surface area contributed by atoms with Crippen LogP contribution in [0.3, 0.4) is 0 Å². The first-order valence-corrected chi connectivity index (χ1v) is 8.47. The van der Waals surface area contributed by atoms with Crippen molar-refractivity contribution in [3.05, 3.63) is 48.6 Å². The molecule has 1 saturated heterocycles. The molecule has 1 aliphatic heterocycles. The first kappa shape index (κ1) is 14.5. The van der Waals surface area contributed by atoms with Gasteiger partial charge in [-0.1, -0.05) is 57.2 Å². The van der Waals surface area contributed by atoms with E-state index in [1.807, 2.05) is 6.08 Å². The molecule has 0 radical (unpaired) electrons. The van der Waals surface area contributed by atoms with Crippen molar-refractivity contribution in [2.24, 2.45) is 16.7 Å². The summed E-state index contributed by atoms with van der Waals surface area (Å²) < 4.78 is 13.1. The van der Waals surface area contributed by atoms with Crippen LogP contribution < -0.4 is 0 Å². The van der Waals surface area contributed by atoms with Gasteiger partial charge in [0.15, 0.2) is 0 Å². The molecular weight excluding hydrogens is 271 g/mol. The Labute approximate surface area is 134 Å². The number of hydrogen-bond donors (Lipinski definition) is 0. The van der Waals surface area contributed by atoms with Gasteiger partial charge in [-0.05, 0) is 29.7 Å². The van der Waals surface area contributed by atoms with E-state index < -0.39 is 0 Å². The van der Waals surface area contributed by atoms with E-state index in [0.29, 0.717) is 5.92 Å². The van der Waals surface area contributed by atoms with Crippen molar-refractivity contribution in [3.63, 3.8) is 0 Å². The van der Waals surface area contributed by atoms with Gasteiger partial charge < -0.3 is 9.31 Å². The fourth-order valence-electron chi connectivity index (χ4n) is 5.59. The van der Waals surface area contributed by atoms with Crippen LogP contribution in [0.2, 0.25) is 6.32 Å². The van der Waals surface area contributed by atoms with Crippen molar-refractivity contribution < 1.29 is 9.31 Å². The Bertz CT molecular complexity index is 599. The van der Waals surface area contributed by atoms with Crippen LogP contribution in [-0.2, 0) is 14.9 Å². The second-order valence-corrected chi connectivity index (χ2v) is 7.93. The standard InChI is InChI=1S/C19H25BO2/c1-5-13-20-21-16-15-11-12-18(4,17(15,2)3)19(16,22-20)14-9-7-6-8-10-14/h5-10,15-16H,1,11-13H2,2-4H3/t15-,16-,18-,19-/m1/s1. The van der Waals surface area contributed by atoms with Crippen LogP contribution in [0.4, 0.5) is 0 Å². The summed E-state index contributed by atoms with van der Waals surface area (Å²) in [5, 5.41) is 0. The SMILES string of the molecule is C=CCB1O[C@@H]2[C@H]3CC[C@](C)(C3(C)C)[C@]2(c2ccccc2)O1. The summed E-state index contributed by atoms with van der Waals surface area (Å²) in [6.07, 6.45) is 5.27. The molecule has 2 nitrogen and oxygen atoms in total. The second kappa shape index (κ2) is 4.49. The largest absolute Gasteiger partial charge is 0.461 e. The van der Waals surface area contributed by atoms with Gasteiger partial charge in [0.1, 0.15) is 5.60 Å². The zero-order valence-electron chi connectivity index (χ0n) is 13.8. The van der Waals surface area contributed by atoms with Crippen LogP contribution in [0.25, 0.3) is 0 Å². The molecule has 3 aliphatic rings. The summed E-state index contributed by atoms with van der Waals surface area (Å²) in [4.78, 5) is 0. The van der Waals surface area contributed by atoms with E-state index in [4.69, 9.17) is 9.31 Å². The number of rotatable bonds is 3. The quantitative estimate of drug-likeness (QED) is 0.607. The zero-order valence-corrected chi connectivity index (χ0v) is 13.8. The molecule has 0 N–H and O–H groups in total. The fraction of sp³-hybridized carbons (Fsp3) is 0.579. The summed E-state index contributed by atoms with van der Waals surface area (Å²) in [6, 6.07) is 10.7. The van der Waals surface area contributed by atoms with Crippen molar-refractivity contribution in [1.82, 2.24) is 0 Å². The molecule has 2 bridgehead atoms. The van der Waals surface area contributed by atoms with Crippen LogP contribution in [0.1, 0.15) is 39.2 Å². The molecule has 4 rings (SSSR count). The number of hydrogen-bond acceptors (Lipinski definition) is 2. The molecule has 22 heavy (non-hydrogen) atoms. The average Bonchev–Trinajstić information content (AvgIpc) is 3.03. The summed E-state index contributed by atoms with van der Waals surface area (Å²) in [6.45, 7) is 11.1. The summed E-state index contributed by atoms with van der Waals surface area (Å²) >= 11 is 0. The van der Waals surface area contributed by atoms with E-state index in [1.165, 1.54) is 18.4 Å². The van der Waals surface area contributed by atoms with Crippen molar-refractivity contribution in [1.29, 1.82) is 0 Å². The van der Waals surface area contributed by atoms with Gasteiger partial charge in [0.2, 0.25) is 0 Å². The highest BCUT2D eigenvalue weighted by Gasteiger charge is 2.78. The molecule has 2 saturated carbocycles. The lowest BCUT2D eigenvalue weighted by Gasteiger charge is -2.48. The average molecular weight is 296 g/mol. The first-order chi connectivity index (χ1) is 10.5. The monoisotopic (exact) mass is 296 g/mol. The van der Waals surface area contributed by atoms with Crippen LogP contribution >= 0.6 is 0 Å². The van der Waals surface area contributed by atoms with Crippen LogP contribution in [0, 0.1) is 16.7 Å². The molecule has 0 spiro atoms. The third-order valence-corrected chi connectivity index (χ3v) is 7.07. The third-order valence-electron chi connectivity index (χ3n) is 7.07. The number of benzene rings is 1. The minimum Gasteiger partial charge on any atom is -0.404 e. The maximum atomic E-state index is 6.68. The molecule has 1 heterocycles. The van der Waals surface area contributed by atoms with Gasteiger partial charge in [-0.15, -0.1) is 6.58 Å². The van der Waals surface area contributed by atoms with E-state index in [0.717, 1.165) is 6.32 Å². The van der Waals surface area contributed by atoms with Gasteiger partial charge in [-0.25, -0.2) is 0 Å². The van der Waals surface area contributed by atoms with Crippen molar-refractivity contribution in [3.8, 4) is 0 Å². The molecule has 2 aliphatic carbocycles. The lowest BCUT2D eigenvalue weighted by Crippen LogP contribution is -2.50. The molecule has 1 aromatic rings. The number of allylic oxidation sites excluding steroid dienone is 1. The maximum Gasteiger partial charge on any atom is 0.461 e. The Morgan fingerprint density at radius 2 is 2.00 bits per heavy atom. The topological polar surface area (TPSA) is 18.5 Å². The highest BCUT2D eigenvalue weighted by molar-refractivity contribution is 6.46. The van der Waals surface area contributed by atoms with Gasteiger partial charge in [0, 0.05) is 11.7 Å². The molecule has 0 aromatic heterocycles. The van der Waals surface area contributed by atoms with Gasteiger partial charge >= 0.3 is 7.12 Å². The molecule has 3 fully saturated rings. The van der Waals surface area contributed by atoms with Crippen LogP contribution in [0.15, 0.2) is 43.0 Å². The minimum absolute atomic E-state index is 0.104. The highest BCUT2D eigenvalue weighted by atomic mass is 16.7. The van der Waals surface area contributed by atoms with Crippen molar-refractivity contribution in [2.75, 3.05) is 0 Å². The van der Waals surface area contributed by atoms with Gasteiger partial charge in [-0.2, -0.15) is 0 Å². The van der Waals surface area contributed by atoms with E-state index in [9.17, 15) is 0 Å². The van der Waals surface area contributed by atoms with E-state index in [1.54, 1.807) is 0 Å². The predicted molar refractivity (Wildman–Crippen MR) is 89.4 cm³/mol. The van der Waals surface area contributed by atoms with Gasteiger partial charge in [-0.3, -0.25) is 0 Å². The molecule has 3 heteroatoms. The van der Waals surface area contributed by atoms with Gasteiger partial charge in [0.25, 0.3) is 0 Å². The highest BCUT2D eigenvalue weighted by Crippen LogP contribution is 2.76. The Kier molecular flexibility index (Phi) is 2.96. The maximum absolute atomic E-state index is 6.68. The van der Waals surface area contributed by atoms with Gasteiger partial charge in [0.05, 0.1) is 6.10 Å². The third kappa shape index (κ3) is 1.45. The lowest BCUT2D eigenvalue weighted by molar-refractivity contribution is -0.0804. The molecule has 1 aromatic carbocycles. The van der Waals surface area contributed by atoms with Crippen LogP contribution in [0.5, 0.6) is 0 Å². The zero-order chi connectivity index (χ0) is 15.6. The van der Waals surface area contributed by atoms with Crippen LogP contribution in [-0.4, -0.2) is 13.2 Å². The molecule has 0 amide bonds. The molecule has 116 valence electrons. The summed E-state index contributed by atoms with van der Waals surface area (Å²) in [7, 11) is -0.154. The van der Waals surface area contributed by atoms with E-state index in [2.05, 4.69) is 57.7 Å². The Hall–Kier alpha value is -1.06. The Morgan fingerprint density at radius 1 is 1.27 bits per heavy atom. The summed E-state index contributed by atoms with van der Waals surface area (Å²) in [5.74, 6) is 0.563. The smallest absolute Gasteiger partial charge is 0.404 e. The fourth-order valence-corrected chi connectivity index (χ4v) is 5.59. The first-order valence-electron chi connectivity index (χ1n) is 8.47. The van der Waals surface area contributed by atoms with E-state index >= 15 is 0 Å². The number of fused-ring (bicyclic) bond motifs is 5. The lowest BCUT2D eigenvalue weighted by atomic mass is 9.61. The molecule has 0 unspecified atom stereocenters.